The molecule has 0 saturated carbocycles. The maximum absolute atomic E-state index is 7.06. The predicted octanol–water partition coefficient (Wildman–Crippen LogP) is 2.95. The van der Waals surface area contributed by atoms with Crippen LogP contribution in [0.2, 0.25) is 0 Å². The lowest BCUT2D eigenvalue weighted by Crippen LogP contribution is -1.86. The van der Waals surface area contributed by atoms with E-state index in [4.69, 9.17) is 5.41 Å². The average molecular weight is 262 g/mol. The molecule has 0 atom stereocenters. The predicted molar refractivity (Wildman–Crippen MR) is 58.8 cm³/mol. The number of nitrogens with one attached hydrogen (secondary N) is 1. The number of aliphatic imine (C=N–C) groups is 1. The molecule has 0 amide bonds. The summed E-state index contributed by atoms with van der Waals surface area (Å²) in [5.74, 6) is 0. The van der Waals surface area contributed by atoms with Gasteiger partial charge >= 0.3 is 0 Å². The molecule has 0 aliphatic rings. The van der Waals surface area contributed by atoms with Crippen molar-refractivity contribution in [3.63, 3.8) is 0 Å². The van der Waals surface area contributed by atoms with Gasteiger partial charge in [-0.2, -0.15) is 0 Å². The van der Waals surface area contributed by atoms with Crippen molar-refractivity contribution in [1.82, 2.24) is 0 Å². The van der Waals surface area contributed by atoms with Gasteiger partial charge in [0.1, 0.15) is 0 Å². The van der Waals surface area contributed by atoms with Gasteiger partial charge in [0.2, 0.25) is 0 Å². The van der Waals surface area contributed by atoms with Crippen molar-refractivity contribution in [1.29, 1.82) is 5.41 Å². The van der Waals surface area contributed by atoms with Crippen LogP contribution in [0.4, 0.5) is 0 Å². The van der Waals surface area contributed by atoms with Crippen LogP contribution in [0.1, 0.15) is 13.8 Å². The first-order valence-electron chi connectivity index (χ1n) is 3.26. The Balaban J connectivity index is 4.64. The number of nitrogens with zero attached hydrogens (tertiary/aromatic N) is 1. The Morgan fingerprint density at radius 3 is 2.27 bits per heavy atom. The molecule has 0 aliphatic heterocycles. The van der Waals surface area contributed by atoms with Gasteiger partial charge in [0.25, 0.3) is 0 Å². The van der Waals surface area contributed by atoms with E-state index in [0.717, 1.165) is 11.3 Å². The third-order valence-corrected chi connectivity index (χ3v) is 1.50. The summed E-state index contributed by atoms with van der Waals surface area (Å²) >= 11 is 2.06. The molecule has 2 nitrogen and oxygen atoms in total. The van der Waals surface area contributed by atoms with Crippen LogP contribution < -0.4 is 0 Å². The largest absolute Gasteiger partial charge is 0.308 e. The minimum absolute atomic E-state index is 0.844. The number of halogens is 1. The fraction of sp³-hybridized carbons (Fsp3) is 0.250. The van der Waals surface area contributed by atoms with Crippen molar-refractivity contribution in [3.05, 3.63) is 23.4 Å². The highest BCUT2D eigenvalue weighted by molar-refractivity contribution is 14.1. The number of hydrogen-bond donors (Lipinski definition) is 1. The van der Waals surface area contributed by atoms with E-state index < -0.39 is 0 Å². The molecule has 0 aromatic heterocycles. The maximum Gasteiger partial charge on any atom is 0.0676 e. The van der Waals surface area contributed by atoms with Gasteiger partial charge in [-0.3, -0.25) is 4.99 Å². The van der Waals surface area contributed by atoms with Gasteiger partial charge < -0.3 is 5.41 Å². The molecule has 0 rings (SSSR count). The summed E-state index contributed by atoms with van der Waals surface area (Å²) in [6.45, 7) is 3.80. The summed E-state index contributed by atoms with van der Waals surface area (Å²) in [4.78, 5) is 4.09. The third-order valence-electron chi connectivity index (χ3n) is 1.22. The van der Waals surface area contributed by atoms with E-state index in [0.29, 0.717) is 0 Å². The second-order valence-electron chi connectivity index (χ2n) is 1.79. The molecule has 0 fully saturated rings. The van der Waals surface area contributed by atoms with E-state index in [1.54, 1.807) is 4.22 Å². The van der Waals surface area contributed by atoms with Crippen molar-refractivity contribution >= 4 is 33.0 Å². The van der Waals surface area contributed by atoms with E-state index in [1.807, 2.05) is 26.0 Å². The third kappa shape index (κ3) is 3.46. The molecule has 3 heteroatoms. The van der Waals surface area contributed by atoms with Crippen LogP contribution in [0.25, 0.3) is 0 Å². The van der Waals surface area contributed by atoms with Crippen LogP contribution >= 0.6 is 22.6 Å². The molecule has 0 saturated heterocycles. The molecule has 0 unspecified atom stereocenters. The zero-order valence-electron chi connectivity index (χ0n) is 6.63. The molecule has 0 heterocycles. The van der Waals surface area contributed by atoms with E-state index in [2.05, 4.69) is 27.6 Å². The van der Waals surface area contributed by atoms with E-state index in [1.165, 1.54) is 6.21 Å². The quantitative estimate of drug-likeness (QED) is 0.461. The highest BCUT2D eigenvalue weighted by Gasteiger charge is 1.95. The first kappa shape index (κ1) is 10.6. The Morgan fingerprint density at radius 2 is 2.00 bits per heavy atom. The molecule has 1 N–H and O–H groups in total. The average Bonchev–Trinajstić information content (AvgIpc) is 2.05. The van der Waals surface area contributed by atoms with Gasteiger partial charge in [-0.25, -0.2) is 0 Å². The summed E-state index contributed by atoms with van der Waals surface area (Å²) in [5.41, 5.74) is 1.69. The van der Waals surface area contributed by atoms with E-state index in [-0.39, 0.29) is 0 Å². The van der Waals surface area contributed by atoms with Crippen LogP contribution in [0, 0.1) is 5.41 Å². The van der Waals surface area contributed by atoms with Crippen LogP contribution in [0.5, 0.6) is 0 Å². The van der Waals surface area contributed by atoms with Gasteiger partial charge in [0, 0.05) is 11.8 Å². The smallest absolute Gasteiger partial charge is 0.0676 e. The second-order valence-corrected chi connectivity index (χ2v) is 2.35. The van der Waals surface area contributed by atoms with Crippen molar-refractivity contribution in [2.24, 2.45) is 4.99 Å². The topological polar surface area (TPSA) is 36.2 Å². The van der Waals surface area contributed by atoms with E-state index >= 15 is 0 Å². The minimum atomic E-state index is 0.844. The Hall–Kier alpha value is -0.450. The lowest BCUT2D eigenvalue weighted by Gasteiger charge is -1.97. The SMILES string of the molecule is C/C=C(C=N)\C(=C/C)N=CI. The molecule has 0 spiro atoms. The fourth-order valence-corrected chi connectivity index (χ4v) is 0.974. The summed E-state index contributed by atoms with van der Waals surface area (Å²) in [6, 6.07) is 0. The number of rotatable bonds is 3. The van der Waals surface area contributed by atoms with Crippen molar-refractivity contribution in [2.45, 2.75) is 13.8 Å². The lowest BCUT2D eigenvalue weighted by molar-refractivity contribution is 1.35. The fourth-order valence-electron chi connectivity index (χ4n) is 0.673. The summed E-state index contributed by atoms with van der Waals surface area (Å²) in [7, 11) is 0. The lowest BCUT2D eigenvalue weighted by atomic mass is 10.2. The van der Waals surface area contributed by atoms with Crippen LogP contribution in [-0.4, -0.2) is 10.4 Å². The van der Waals surface area contributed by atoms with Gasteiger partial charge in [-0.1, -0.05) is 12.2 Å². The normalized spacial score (nSPS) is 14.1. The zero-order valence-corrected chi connectivity index (χ0v) is 8.79. The van der Waals surface area contributed by atoms with Crippen molar-refractivity contribution in [2.75, 3.05) is 0 Å². The number of hydrogen-bond acceptors (Lipinski definition) is 2. The number of allylic oxidation sites excluding steroid dienone is 3. The first-order valence-corrected chi connectivity index (χ1v) is 4.51. The monoisotopic (exact) mass is 262 g/mol. The molecule has 60 valence electrons. The van der Waals surface area contributed by atoms with Gasteiger partial charge in [-0.15, -0.1) is 0 Å². The van der Waals surface area contributed by atoms with Gasteiger partial charge in [0.05, 0.1) is 9.92 Å². The standard InChI is InChI=1S/C8H11IN2/c1-3-7(5-10)8(4-2)11-6-9/h3-6,10H,1-2H3/b7-3-,8-4+,10-5?,11-6?. The molecule has 0 bridgehead atoms. The Morgan fingerprint density at radius 1 is 1.36 bits per heavy atom. The summed E-state index contributed by atoms with van der Waals surface area (Å²) in [5, 5.41) is 7.06. The zero-order chi connectivity index (χ0) is 8.69. The minimum Gasteiger partial charge on any atom is -0.308 e. The Bertz CT molecular complexity index is 214. The molecular weight excluding hydrogens is 251 g/mol. The van der Waals surface area contributed by atoms with Crippen molar-refractivity contribution in [3.8, 4) is 0 Å². The maximum atomic E-state index is 7.06. The molecule has 0 aromatic rings. The van der Waals surface area contributed by atoms with Gasteiger partial charge in [0.15, 0.2) is 0 Å². The van der Waals surface area contributed by atoms with Crippen molar-refractivity contribution < 1.29 is 0 Å². The molecule has 11 heavy (non-hydrogen) atoms. The van der Waals surface area contributed by atoms with Crippen LogP contribution in [0.15, 0.2) is 28.4 Å². The molecule has 0 aromatic carbocycles. The molecular formula is C8H11IN2. The summed E-state index contributed by atoms with van der Waals surface area (Å²) < 4.78 is 1.69. The molecule has 0 aliphatic carbocycles. The summed E-state index contributed by atoms with van der Waals surface area (Å²) in [6.07, 6.45) is 5.06. The highest BCUT2D eigenvalue weighted by atomic mass is 127. The van der Waals surface area contributed by atoms with Crippen LogP contribution in [-0.2, 0) is 0 Å². The highest BCUT2D eigenvalue weighted by Crippen LogP contribution is 2.08. The molecule has 0 radical (unpaired) electrons. The van der Waals surface area contributed by atoms with E-state index in [9.17, 15) is 0 Å². The Kier molecular flexibility index (Phi) is 6.02. The first-order chi connectivity index (χ1) is 5.29. The van der Waals surface area contributed by atoms with Gasteiger partial charge in [-0.05, 0) is 36.4 Å². The van der Waals surface area contributed by atoms with Crippen LogP contribution in [0.3, 0.4) is 0 Å². The Labute approximate surface area is 80.8 Å². The second kappa shape index (κ2) is 6.27.